The van der Waals surface area contributed by atoms with Gasteiger partial charge in [0.05, 0.1) is 4.47 Å². The zero-order chi connectivity index (χ0) is 14.0. The van der Waals surface area contributed by atoms with Crippen LogP contribution in [0.15, 0.2) is 45.3 Å². The monoisotopic (exact) mass is 405 g/mol. The van der Waals surface area contributed by atoms with E-state index < -0.39 is 0 Å². The van der Waals surface area contributed by atoms with E-state index in [2.05, 4.69) is 31.9 Å². The molecular weight excluding hydrogens is 396 g/mol. The second kappa shape index (κ2) is 6.35. The van der Waals surface area contributed by atoms with Crippen LogP contribution in [0.4, 0.5) is 4.39 Å². The van der Waals surface area contributed by atoms with Crippen LogP contribution in [0, 0.1) is 5.82 Å². The Morgan fingerprint density at radius 2 is 1.89 bits per heavy atom. The molecular formula is C14H11Br2ClFN. The lowest BCUT2D eigenvalue weighted by Gasteiger charge is -2.13. The highest BCUT2D eigenvalue weighted by Gasteiger charge is 2.10. The molecule has 2 aromatic carbocycles. The predicted molar refractivity (Wildman–Crippen MR) is 83.9 cm³/mol. The molecule has 0 heterocycles. The molecule has 1 nitrogen and oxygen atoms in total. The molecule has 0 aliphatic carbocycles. The number of rotatable bonds is 3. The van der Waals surface area contributed by atoms with Crippen LogP contribution in [-0.4, -0.2) is 0 Å². The first-order valence-corrected chi connectivity index (χ1v) is 7.57. The van der Waals surface area contributed by atoms with Crippen molar-refractivity contribution in [3.8, 4) is 0 Å². The molecule has 0 saturated carbocycles. The Kier molecular flexibility index (Phi) is 5.01. The van der Waals surface area contributed by atoms with Gasteiger partial charge in [-0.25, -0.2) is 4.39 Å². The van der Waals surface area contributed by atoms with Gasteiger partial charge in [-0.05, 0) is 63.8 Å². The van der Waals surface area contributed by atoms with Crippen molar-refractivity contribution in [3.63, 3.8) is 0 Å². The fourth-order valence-electron chi connectivity index (χ4n) is 1.83. The minimum Gasteiger partial charge on any atom is -0.324 e. The highest BCUT2D eigenvalue weighted by atomic mass is 79.9. The van der Waals surface area contributed by atoms with Gasteiger partial charge >= 0.3 is 0 Å². The zero-order valence-electron chi connectivity index (χ0n) is 9.84. The van der Waals surface area contributed by atoms with E-state index in [4.69, 9.17) is 17.3 Å². The lowest BCUT2D eigenvalue weighted by Crippen LogP contribution is -2.13. The van der Waals surface area contributed by atoms with Gasteiger partial charge in [-0.3, -0.25) is 0 Å². The quantitative estimate of drug-likeness (QED) is 0.739. The van der Waals surface area contributed by atoms with Crippen LogP contribution in [0.2, 0.25) is 5.02 Å². The van der Waals surface area contributed by atoms with Crippen molar-refractivity contribution in [2.45, 2.75) is 12.5 Å². The molecule has 2 aromatic rings. The molecule has 0 spiro atoms. The molecule has 1 atom stereocenters. The van der Waals surface area contributed by atoms with Crippen LogP contribution in [0.3, 0.4) is 0 Å². The standard InChI is InChI=1S/C14H11Br2ClFN/c15-10-5-9(6-11(17)7-10)14(19)4-8-1-2-13(18)12(16)3-8/h1-3,5-7,14H,4,19H2. The van der Waals surface area contributed by atoms with E-state index in [-0.39, 0.29) is 11.9 Å². The van der Waals surface area contributed by atoms with E-state index in [9.17, 15) is 4.39 Å². The first kappa shape index (κ1) is 15.0. The largest absolute Gasteiger partial charge is 0.324 e. The van der Waals surface area contributed by atoms with Crippen molar-refractivity contribution in [3.05, 3.63) is 67.3 Å². The Labute approximate surface area is 133 Å². The summed E-state index contributed by atoms with van der Waals surface area (Å²) in [5.74, 6) is -0.275. The van der Waals surface area contributed by atoms with Gasteiger partial charge in [0.2, 0.25) is 0 Å². The van der Waals surface area contributed by atoms with Crippen molar-refractivity contribution in [1.82, 2.24) is 0 Å². The van der Waals surface area contributed by atoms with Gasteiger partial charge in [0.15, 0.2) is 0 Å². The molecule has 0 aliphatic heterocycles. The first-order chi connectivity index (χ1) is 8.95. The second-order valence-corrected chi connectivity index (χ2v) is 6.47. The van der Waals surface area contributed by atoms with E-state index in [0.717, 1.165) is 15.6 Å². The SMILES string of the molecule is NC(Cc1ccc(F)c(Br)c1)c1cc(Cl)cc(Br)c1. The van der Waals surface area contributed by atoms with Crippen LogP contribution in [0.25, 0.3) is 0 Å². The Hall–Kier alpha value is -0.420. The molecule has 100 valence electrons. The van der Waals surface area contributed by atoms with Crippen molar-refractivity contribution >= 4 is 43.5 Å². The van der Waals surface area contributed by atoms with Crippen LogP contribution in [0.1, 0.15) is 17.2 Å². The van der Waals surface area contributed by atoms with E-state index in [1.165, 1.54) is 6.07 Å². The third-order valence-electron chi connectivity index (χ3n) is 2.75. The predicted octanol–water partition coefficient (Wildman–Crippen LogP) is 5.25. The molecule has 2 rings (SSSR count). The lowest BCUT2D eigenvalue weighted by molar-refractivity contribution is 0.618. The fourth-order valence-corrected chi connectivity index (χ4v) is 3.14. The first-order valence-electron chi connectivity index (χ1n) is 5.61. The molecule has 19 heavy (non-hydrogen) atoms. The van der Waals surface area contributed by atoms with E-state index >= 15 is 0 Å². The smallest absolute Gasteiger partial charge is 0.137 e. The number of halogens is 4. The summed E-state index contributed by atoms with van der Waals surface area (Å²) in [6.07, 6.45) is 0.617. The van der Waals surface area contributed by atoms with E-state index in [1.54, 1.807) is 12.1 Å². The molecule has 5 heteroatoms. The minimum absolute atomic E-state index is 0.188. The lowest BCUT2D eigenvalue weighted by atomic mass is 10.00. The fraction of sp³-hybridized carbons (Fsp3) is 0.143. The average molecular weight is 408 g/mol. The number of hydrogen-bond acceptors (Lipinski definition) is 1. The molecule has 0 radical (unpaired) electrons. The highest BCUT2D eigenvalue weighted by Crippen LogP contribution is 2.26. The molecule has 0 amide bonds. The van der Waals surface area contributed by atoms with Gasteiger partial charge in [-0.1, -0.05) is 33.6 Å². The van der Waals surface area contributed by atoms with E-state index in [0.29, 0.717) is 15.9 Å². The van der Waals surface area contributed by atoms with Gasteiger partial charge in [-0.15, -0.1) is 0 Å². The molecule has 0 aromatic heterocycles. The topological polar surface area (TPSA) is 26.0 Å². The number of nitrogens with two attached hydrogens (primary N) is 1. The highest BCUT2D eigenvalue weighted by molar-refractivity contribution is 9.10. The van der Waals surface area contributed by atoms with Crippen molar-refractivity contribution in [2.75, 3.05) is 0 Å². The molecule has 0 bridgehead atoms. The summed E-state index contributed by atoms with van der Waals surface area (Å²) >= 11 is 12.6. The number of hydrogen-bond donors (Lipinski definition) is 1. The molecule has 0 fully saturated rings. The summed E-state index contributed by atoms with van der Waals surface area (Å²) in [4.78, 5) is 0. The van der Waals surface area contributed by atoms with Crippen LogP contribution < -0.4 is 5.73 Å². The second-order valence-electron chi connectivity index (χ2n) is 4.26. The maximum Gasteiger partial charge on any atom is 0.137 e. The summed E-state index contributed by atoms with van der Waals surface area (Å²) in [6, 6.07) is 10.3. The third-order valence-corrected chi connectivity index (χ3v) is 4.04. The van der Waals surface area contributed by atoms with Crippen molar-refractivity contribution < 1.29 is 4.39 Å². The molecule has 0 aliphatic rings. The molecule has 0 saturated heterocycles. The summed E-state index contributed by atoms with van der Waals surface area (Å²) < 4.78 is 14.5. The Morgan fingerprint density at radius 3 is 2.53 bits per heavy atom. The maximum absolute atomic E-state index is 13.2. The molecule has 2 N–H and O–H groups in total. The van der Waals surface area contributed by atoms with Gasteiger partial charge < -0.3 is 5.73 Å². The summed E-state index contributed by atoms with van der Waals surface area (Å²) in [5.41, 5.74) is 8.08. The summed E-state index contributed by atoms with van der Waals surface area (Å²) in [7, 11) is 0. The Balaban J connectivity index is 2.20. The van der Waals surface area contributed by atoms with Crippen LogP contribution >= 0.6 is 43.5 Å². The van der Waals surface area contributed by atoms with Gasteiger partial charge in [0, 0.05) is 15.5 Å². The Morgan fingerprint density at radius 1 is 1.16 bits per heavy atom. The average Bonchev–Trinajstić information content (AvgIpc) is 2.32. The molecule has 1 unspecified atom stereocenters. The van der Waals surface area contributed by atoms with Crippen LogP contribution in [-0.2, 0) is 6.42 Å². The Bertz CT molecular complexity index is 584. The maximum atomic E-state index is 13.2. The zero-order valence-corrected chi connectivity index (χ0v) is 13.8. The van der Waals surface area contributed by atoms with Crippen LogP contribution in [0.5, 0.6) is 0 Å². The normalized spacial score (nSPS) is 12.5. The summed E-state index contributed by atoms with van der Waals surface area (Å²) in [6.45, 7) is 0. The van der Waals surface area contributed by atoms with Crippen molar-refractivity contribution in [1.29, 1.82) is 0 Å². The number of benzene rings is 2. The van der Waals surface area contributed by atoms with Gasteiger partial charge in [0.1, 0.15) is 5.82 Å². The van der Waals surface area contributed by atoms with Gasteiger partial charge in [-0.2, -0.15) is 0 Å². The third kappa shape index (κ3) is 4.02. The van der Waals surface area contributed by atoms with Crippen molar-refractivity contribution in [2.24, 2.45) is 5.73 Å². The minimum atomic E-state index is -0.275. The van der Waals surface area contributed by atoms with Gasteiger partial charge in [0.25, 0.3) is 0 Å². The van der Waals surface area contributed by atoms with E-state index in [1.807, 2.05) is 18.2 Å². The summed E-state index contributed by atoms with van der Waals surface area (Å²) in [5, 5.41) is 0.639.